The number of aromatic nitrogens is 2. The van der Waals surface area contributed by atoms with Crippen LogP contribution in [0.4, 0.5) is 0 Å². The summed E-state index contributed by atoms with van der Waals surface area (Å²) < 4.78 is 9.90. The molecule has 0 N–H and O–H groups in total. The van der Waals surface area contributed by atoms with Crippen molar-refractivity contribution in [2.75, 3.05) is 19.8 Å². The number of rotatable bonds is 5. The molecule has 0 aliphatic carbocycles. The van der Waals surface area contributed by atoms with E-state index in [9.17, 15) is 4.79 Å². The summed E-state index contributed by atoms with van der Waals surface area (Å²) in [4.78, 5) is 11.5. The van der Waals surface area contributed by atoms with E-state index in [1.807, 2.05) is 6.92 Å². The molecule has 0 unspecified atom stereocenters. The minimum atomic E-state index is -0.596. The SMILES string of the molecule is CCOCCOC(=O)c1cc(Cl)nnc1Cl. The number of ether oxygens (including phenoxy) is 2. The maximum atomic E-state index is 11.5. The molecular formula is C9H10Cl2N2O3. The van der Waals surface area contributed by atoms with E-state index in [0.29, 0.717) is 13.2 Å². The van der Waals surface area contributed by atoms with Crippen LogP contribution >= 0.6 is 23.2 Å². The number of carbonyl (C=O) groups excluding carboxylic acids is 1. The Balaban J connectivity index is 2.55. The molecule has 0 aromatic carbocycles. The Morgan fingerprint density at radius 2 is 2.12 bits per heavy atom. The summed E-state index contributed by atoms with van der Waals surface area (Å²) in [6.07, 6.45) is 0. The van der Waals surface area contributed by atoms with E-state index in [1.165, 1.54) is 6.07 Å². The van der Waals surface area contributed by atoms with Crippen LogP contribution in [0.2, 0.25) is 10.3 Å². The highest BCUT2D eigenvalue weighted by atomic mass is 35.5. The van der Waals surface area contributed by atoms with Crippen LogP contribution in [0.1, 0.15) is 17.3 Å². The second-order valence-electron chi connectivity index (χ2n) is 2.70. The molecule has 0 aliphatic heterocycles. The molecule has 1 heterocycles. The summed E-state index contributed by atoms with van der Waals surface area (Å²) >= 11 is 11.2. The second-order valence-corrected chi connectivity index (χ2v) is 3.45. The van der Waals surface area contributed by atoms with Gasteiger partial charge in [-0.1, -0.05) is 23.2 Å². The number of halogens is 2. The molecule has 7 heteroatoms. The van der Waals surface area contributed by atoms with Crippen molar-refractivity contribution < 1.29 is 14.3 Å². The number of hydrogen-bond acceptors (Lipinski definition) is 5. The Morgan fingerprint density at radius 3 is 2.81 bits per heavy atom. The molecule has 0 fully saturated rings. The smallest absolute Gasteiger partial charge is 0.341 e. The van der Waals surface area contributed by atoms with E-state index in [2.05, 4.69) is 10.2 Å². The summed E-state index contributed by atoms with van der Waals surface area (Å²) in [5.41, 5.74) is 0.0955. The monoisotopic (exact) mass is 264 g/mol. The molecule has 1 aromatic heterocycles. The maximum absolute atomic E-state index is 11.5. The van der Waals surface area contributed by atoms with Gasteiger partial charge in [0.25, 0.3) is 0 Å². The fraction of sp³-hybridized carbons (Fsp3) is 0.444. The molecule has 1 aromatic rings. The Bertz CT molecular complexity index is 374. The standard InChI is InChI=1S/C9H10Cl2N2O3/c1-2-15-3-4-16-9(14)6-5-7(10)12-13-8(6)11/h5H,2-4H2,1H3. The Kier molecular flexibility index (Phi) is 5.45. The molecule has 0 saturated carbocycles. The van der Waals surface area contributed by atoms with Crippen LogP contribution in [-0.2, 0) is 9.47 Å². The van der Waals surface area contributed by atoms with Crippen LogP contribution in [0, 0.1) is 0 Å². The molecule has 16 heavy (non-hydrogen) atoms. The van der Waals surface area contributed by atoms with Gasteiger partial charge >= 0.3 is 5.97 Å². The summed E-state index contributed by atoms with van der Waals surface area (Å²) in [5.74, 6) is -0.596. The van der Waals surface area contributed by atoms with Gasteiger partial charge in [0.15, 0.2) is 10.3 Å². The lowest BCUT2D eigenvalue weighted by molar-refractivity contribution is 0.0335. The first-order chi connectivity index (χ1) is 7.65. The topological polar surface area (TPSA) is 61.3 Å². The van der Waals surface area contributed by atoms with E-state index >= 15 is 0 Å². The molecular weight excluding hydrogens is 255 g/mol. The third kappa shape index (κ3) is 3.92. The number of nitrogens with zero attached hydrogens (tertiary/aromatic N) is 2. The van der Waals surface area contributed by atoms with Crippen molar-refractivity contribution in [1.29, 1.82) is 0 Å². The highest BCUT2D eigenvalue weighted by Gasteiger charge is 2.14. The molecule has 5 nitrogen and oxygen atoms in total. The van der Waals surface area contributed by atoms with Crippen molar-refractivity contribution in [2.45, 2.75) is 6.92 Å². The van der Waals surface area contributed by atoms with Crippen LogP contribution in [0.5, 0.6) is 0 Å². The largest absolute Gasteiger partial charge is 0.460 e. The third-order valence-corrected chi connectivity index (χ3v) is 2.07. The van der Waals surface area contributed by atoms with Gasteiger partial charge < -0.3 is 9.47 Å². The van der Waals surface area contributed by atoms with Crippen molar-refractivity contribution in [1.82, 2.24) is 10.2 Å². The van der Waals surface area contributed by atoms with Gasteiger partial charge in [-0.2, -0.15) is 0 Å². The normalized spacial score (nSPS) is 10.2. The van der Waals surface area contributed by atoms with Crippen LogP contribution in [-0.4, -0.2) is 36.0 Å². The zero-order valence-electron chi connectivity index (χ0n) is 8.57. The Labute approximate surface area is 103 Å². The van der Waals surface area contributed by atoms with Crippen molar-refractivity contribution >= 4 is 29.2 Å². The lowest BCUT2D eigenvalue weighted by atomic mass is 10.3. The van der Waals surface area contributed by atoms with E-state index in [4.69, 9.17) is 32.7 Å². The molecule has 0 radical (unpaired) electrons. The van der Waals surface area contributed by atoms with Crippen LogP contribution in [0.3, 0.4) is 0 Å². The minimum absolute atomic E-state index is 0.0363. The van der Waals surface area contributed by atoms with E-state index in [1.54, 1.807) is 0 Å². The van der Waals surface area contributed by atoms with Gasteiger partial charge in [0.2, 0.25) is 0 Å². The maximum Gasteiger partial charge on any atom is 0.341 e. The molecule has 88 valence electrons. The molecule has 0 saturated heterocycles. The fourth-order valence-corrected chi connectivity index (χ4v) is 1.23. The highest BCUT2D eigenvalue weighted by Crippen LogP contribution is 2.16. The van der Waals surface area contributed by atoms with Crippen LogP contribution < -0.4 is 0 Å². The lowest BCUT2D eigenvalue weighted by Crippen LogP contribution is -2.12. The predicted octanol–water partition coefficient (Wildman–Crippen LogP) is 1.98. The molecule has 0 amide bonds. The molecule has 1 rings (SSSR count). The summed E-state index contributed by atoms with van der Waals surface area (Å²) in [6, 6.07) is 1.31. The van der Waals surface area contributed by atoms with Gasteiger partial charge in [0, 0.05) is 6.61 Å². The Hall–Kier alpha value is -0.910. The molecule has 0 aliphatic rings. The van der Waals surface area contributed by atoms with Gasteiger partial charge in [0.1, 0.15) is 12.2 Å². The van der Waals surface area contributed by atoms with Gasteiger partial charge in [-0.25, -0.2) is 4.79 Å². The van der Waals surface area contributed by atoms with Crippen LogP contribution in [0.15, 0.2) is 6.07 Å². The fourth-order valence-electron chi connectivity index (χ4n) is 0.912. The van der Waals surface area contributed by atoms with Crippen molar-refractivity contribution in [3.63, 3.8) is 0 Å². The third-order valence-electron chi connectivity index (χ3n) is 1.60. The van der Waals surface area contributed by atoms with Crippen molar-refractivity contribution in [3.05, 3.63) is 21.9 Å². The molecule has 0 spiro atoms. The first-order valence-electron chi connectivity index (χ1n) is 4.58. The molecule has 0 bridgehead atoms. The summed E-state index contributed by atoms with van der Waals surface area (Å²) in [5, 5.41) is 7.03. The average Bonchev–Trinajstić information content (AvgIpc) is 2.27. The van der Waals surface area contributed by atoms with Crippen molar-refractivity contribution in [2.24, 2.45) is 0 Å². The van der Waals surface area contributed by atoms with Crippen molar-refractivity contribution in [3.8, 4) is 0 Å². The van der Waals surface area contributed by atoms with Gasteiger partial charge in [-0.15, -0.1) is 10.2 Å². The minimum Gasteiger partial charge on any atom is -0.460 e. The number of esters is 1. The van der Waals surface area contributed by atoms with Gasteiger partial charge in [-0.05, 0) is 13.0 Å². The predicted molar refractivity (Wildman–Crippen MR) is 58.8 cm³/mol. The van der Waals surface area contributed by atoms with E-state index < -0.39 is 5.97 Å². The van der Waals surface area contributed by atoms with Crippen LogP contribution in [0.25, 0.3) is 0 Å². The van der Waals surface area contributed by atoms with Gasteiger partial charge in [0.05, 0.1) is 6.61 Å². The molecule has 0 atom stereocenters. The first kappa shape index (κ1) is 13.2. The Morgan fingerprint density at radius 1 is 1.38 bits per heavy atom. The zero-order chi connectivity index (χ0) is 12.0. The zero-order valence-corrected chi connectivity index (χ0v) is 10.1. The second kappa shape index (κ2) is 6.62. The number of carbonyl (C=O) groups is 1. The summed E-state index contributed by atoms with van der Waals surface area (Å²) in [7, 11) is 0. The first-order valence-corrected chi connectivity index (χ1v) is 5.34. The lowest BCUT2D eigenvalue weighted by Gasteiger charge is -2.05. The van der Waals surface area contributed by atoms with E-state index in [0.717, 1.165) is 0 Å². The average molecular weight is 265 g/mol. The number of hydrogen-bond donors (Lipinski definition) is 0. The van der Waals surface area contributed by atoms with E-state index in [-0.39, 0.29) is 22.5 Å². The quantitative estimate of drug-likeness (QED) is 0.601. The highest BCUT2D eigenvalue weighted by molar-refractivity contribution is 6.33. The summed E-state index contributed by atoms with van der Waals surface area (Å²) in [6.45, 7) is 2.92. The van der Waals surface area contributed by atoms with Gasteiger partial charge in [-0.3, -0.25) is 0 Å².